The maximum atomic E-state index is 6.23. The number of aromatic nitrogens is 4. The molecule has 5 heteroatoms. The van der Waals surface area contributed by atoms with Crippen molar-refractivity contribution in [2.45, 2.75) is 0 Å². The first-order valence-corrected chi connectivity index (χ1v) is 6.56. The molecule has 0 fully saturated rings. The molecule has 0 radical (unpaired) electrons. The summed E-state index contributed by atoms with van der Waals surface area (Å²) in [5, 5.41) is 10.2. The van der Waals surface area contributed by atoms with Gasteiger partial charge >= 0.3 is 0 Å². The molecular formula is C15H9ClN4. The van der Waals surface area contributed by atoms with Gasteiger partial charge in [0, 0.05) is 10.9 Å². The van der Waals surface area contributed by atoms with E-state index in [9.17, 15) is 0 Å². The third-order valence-corrected chi connectivity index (χ3v) is 3.60. The first-order chi connectivity index (χ1) is 9.84. The molecule has 0 amide bonds. The van der Waals surface area contributed by atoms with Gasteiger partial charge < -0.3 is 0 Å². The highest BCUT2D eigenvalue weighted by molar-refractivity contribution is 6.33. The zero-order valence-electron chi connectivity index (χ0n) is 10.4. The molecular weight excluding hydrogens is 272 g/mol. The number of rotatable bonds is 1. The third-order valence-electron chi connectivity index (χ3n) is 3.27. The monoisotopic (exact) mass is 280 g/mol. The maximum Gasteiger partial charge on any atom is 0.171 e. The molecule has 0 saturated carbocycles. The Morgan fingerprint density at radius 2 is 1.70 bits per heavy atom. The van der Waals surface area contributed by atoms with Crippen LogP contribution < -0.4 is 0 Å². The molecule has 4 aromatic rings. The van der Waals surface area contributed by atoms with Gasteiger partial charge in [0.1, 0.15) is 6.33 Å². The summed E-state index contributed by atoms with van der Waals surface area (Å²) in [5.41, 5.74) is 2.53. The van der Waals surface area contributed by atoms with Gasteiger partial charge in [0.25, 0.3) is 0 Å². The van der Waals surface area contributed by atoms with Gasteiger partial charge in [0.15, 0.2) is 11.5 Å². The molecule has 4 nitrogen and oxygen atoms in total. The zero-order valence-corrected chi connectivity index (χ0v) is 11.1. The van der Waals surface area contributed by atoms with Gasteiger partial charge in [-0.25, -0.2) is 4.98 Å². The van der Waals surface area contributed by atoms with Crippen molar-refractivity contribution in [3.8, 4) is 11.4 Å². The first kappa shape index (κ1) is 11.4. The Balaban J connectivity index is 2.08. The summed E-state index contributed by atoms with van der Waals surface area (Å²) in [4.78, 5) is 4.44. The lowest BCUT2D eigenvalue weighted by Crippen LogP contribution is -1.92. The van der Waals surface area contributed by atoms with Gasteiger partial charge in [-0.1, -0.05) is 35.9 Å². The predicted molar refractivity (Wildman–Crippen MR) is 78.7 cm³/mol. The van der Waals surface area contributed by atoms with Crippen molar-refractivity contribution in [3.05, 3.63) is 59.9 Å². The topological polar surface area (TPSA) is 43.1 Å². The second-order valence-electron chi connectivity index (χ2n) is 4.46. The standard InChI is InChI=1S/C15H9ClN4/c16-12-7-3-1-5-10(12)14-18-19-15-11-6-2-4-8-13(11)17-9-20(14)15/h1-9H. The molecule has 0 spiro atoms. The molecule has 20 heavy (non-hydrogen) atoms. The van der Waals surface area contributed by atoms with Crippen LogP contribution in [0.15, 0.2) is 54.9 Å². The molecule has 0 aliphatic heterocycles. The highest BCUT2D eigenvalue weighted by Crippen LogP contribution is 2.27. The Hall–Kier alpha value is -2.46. The van der Waals surface area contributed by atoms with Gasteiger partial charge in [-0.3, -0.25) is 4.40 Å². The van der Waals surface area contributed by atoms with Crippen LogP contribution in [0.25, 0.3) is 27.9 Å². The molecule has 0 atom stereocenters. The second kappa shape index (κ2) is 4.28. The van der Waals surface area contributed by atoms with Crippen molar-refractivity contribution in [2.75, 3.05) is 0 Å². The van der Waals surface area contributed by atoms with Crippen molar-refractivity contribution < 1.29 is 0 Å². The van der Waals surface area contributed by atoms with E-state index in [0.29, 0.717) is 10.8 Å². The van der Waals surface area contributed by atoms with Crippen LogP contribution in [-0.4, -0.2) is 19.6 Å². The van der Waals surface area contributed by atoms with Gasteiger partial charge in [-0.05, 0) is 24.3 Å². The van der Waals surface area contributed by atoms with Crippen molar-refractivity contribution in [2.24, 2.45) is 0 Å². The molecule has 2 heterocycles. The Morgan fingerprint density at radius 1 is 0.900 bits per heavy atom. The summed E-state index contributed by atoms with van der Waals surface area (Å²) in [6.45, 7) is 0. The molecule has 96 valence electrons. The minimum atomic E-state index is 0.648. The van der Waals surface area contributed by atoms with E-state index >= 15 is 0 Å². The lowest BCUT2D eigenvalue weighted by molar-refractivity contribution is 1.09. The molecule has 2 aromatic carbocycles. The molecule has 0 N–H and O–H groups in total. The van der Waals surface area contributed by atoms with E-state index in [1.54, 1.807) is 6.33 Å². The summed E-state index contributed by atoms with van der Waals surface area (Å²) in [7, 11) is 0. The van der Waals surface area contributed by atoms with Gasteiger partial charge in [0.05, 0.1) is 10.5 Å². The quantitative estimate of drug-likeness (QED) is 0.535. The fourth-order valence-corrected chi connectivity index (χ4v) is 2.53. The highest BCUT2D eigenvalue weighted by atomic mass is 35.5. The first-order valence-electron chi connectivity index (χ1n) is 6.18. The van der Waals surface area contributed by atoms with E-state index in [-0.39, 0.29) is 0 Å². The van der Waals surface area contributed by atoms with Crippen molar-refractivity contribution in [3.63, 3.8) is 0 Å². The predicted octanol–water partition coefficient (Wildman–Crippen LogP) is 3.60. The lowest BCUT2D eigenvalue weighted by atomic mass is 10.2. The molecule has 0 unspecified atom stereocenters. The van der Waals surface area contributed by atoms with Crippen LogP contribution in [0.4, 0.5) is 0 Å². The lowest BCUT2D eigenvalue weighted by Gasteiger charge is -2.03. The largest absolute Gasteiger partial charge is 0.265 e. The van der Waals surface area contributed by atoms with Gasteiger partial charge in [-0.2, -0.15) is 0 Å². The fourth-order valence-electron chi connectivity index (χ4n) is 2.31. The van der Waals surface area contributed by atoms with Crippen LogP contribution in [0, 0.1) is 0 Å². The van der Waals surface area contributed by atoms with Crippen LogP contribution in [0.3, 0.4) is 0 Å². The summed E-state index contributed by atoms with van der Waals surface area (Å²) in [5.74, 6) is 0.698. The average Bonchev–Trinajstić information content (AvgIpc) is 2.92. The third kappa shape index (κ3) is 1.58. The average molecular weight is 281 g/mol. The number of hydrogen-bond donors (Lipinski definition) is 0. The Bertz CT molecular complexity index is 929. The smallest absolute Gasteiger partial charge is 0.171 e. The number of benzene rings is 2. The summed E-state index contributed by atoms with van der Waals surface area (Å²) in [6, 6.07) is 15.5. The normalized spacial score (nSPS) is 11.2. The SMILES string of the molecule is Clc1ccccc1-c1nnc2c3ccccc3ncn12. The molecule has 4 rings (SSSR count). The molecule has 0 aliphatic rings. The Kier molecular flexibility index (Phi) is 2.44. The summed E-state index contributed by atoms with van der Waals surface area (Å²) >= 11 is 6.23. The minimum Gasteiger partial charge on any atom is -0.265 e. The maximum absolute atomic E-state index is 6.23. The minimum absolute atomic E-state index is 0.648. The van der Waals surface area contributed by atoms with E-state index in [4.69, 9.17) is 11.6 Å². The van der Waals surface area contributed by atoms with Crippen LogP contribution in [0.2, 0.25) is 5.02 Å². The van der Waals surface area contributed by atoms with Crippen molar-refractivity contribution in [1.82, 2.24) is 19.6 Å². The number of hydrogen-bond acceptors (Lipinski definition) is 3. The Morgan fingerprint density at radius 3 is 2.60 bits per heavy atom. The van der Waals surface area contributed by atoms with Crippen LogP contribution in [0.5, 0.6) is 0 Å². The second-order valence-corrected chi connectivity index (χ2v) is 4.87. The van der Waals surface area contributed by atoms with Crippen molar-refractivity contribution in [1.29, 1.82) is 0 Å². The van der Waals surface area contributed by atoms with Crippen LogP contribution >= 0.6 is 11.6 Å². The van der Waals surface area contributed by atoms with E-state index in [1.807, 2.05) is 52.9 Å². The van der Waals surface area contributed by atoms with Gasteiger partial charge in [-0.15, -0.1) is 10.2 Å². The van der Waals surface area contributed by atoms with E-state index in [1.165, 1.54) is 0 Å². The number of halogens is 1. The van der Waals surface area contributed by atoms with Crippen LogP contribution in [0.1, 0.15) is 0 Å². The molecule has 0 bridgehead atoms. The molecule has 2 aromatic heterocycles. The fraction of sp³-hybridized carbons (Fsp3) is 0. The van der Waals surface area contributed by atoms with E-state index in [0.717, 1.165) is 22.1 Å². The molecule has 0 saturated heterocycles. The number of nitrogens with zero attached hydrogens (tertiary/aromatic N) is 4. The van der Waals surface area contributed by atoms with Crippen molar-refractivity contribution >= 4 is 28.2 Å². The number of fused-ring (bicyclic) bond motifs is 3. The zero-order chi connectivity index (χ0) is 13.5. The van der Waals surface area contributed by atoms with E-state index < -0.39 is 0 Å². The molecule has 0 aliphatic carbocycles. The van der Waals surface area contributed by atoms with E-state index in [2.05, 4.69) is 15.2 Å². The van der Waals surface area contributed by atoms with Gasteiger partial charge in [0.2, 0.25) is 0 Å². The summed E-state index contributed by atoms with van der Waals surface area (Å²) < 4.78 is 1.86. The highest BCUT2D eigenvalue weighted by Gasteiger charge is 2.13. The van der Waals surface area contributed by atoms with Crippen LogP contribution in [-0.2, 0) is 0 Å². The summed E-state index contributed by atoms with van der Waals surface area (Å²) in [6.07, 6.45) is 1.73. The Labute approximate surface area is 119 Å². The number of para-hydroxylation sites is 1.